The van der Waals surface area contributed by atoms with Crippen LogP contribution in [0.4, 0.5) is 0 Å². The Morgan fingerprint density at radius 1 is 1.40 bits per heavy atom. The van der Waals surface area contributed by atoms with E-state index < -0.39 is 0 Å². The van der Waals surface area contributed by atoms with Crippen LogP contribution in [-0.4, -0.2) is 11.3 Å². The van der Waals surface area contributed by atoms with Gasteiger partial charge < -0.3 is 4.42 Å². The van der Waals surface area contributed by atoms with Gasteiger partial charge in [-0.1, -0.05) is 20.8 Å². The molecule has 0 radical (unpaired) electrons. The highest BCUT2D eigenvalue weighted by atomic mass is 16.3. The molecule has 0 saturated heterocycles. The van der Waals surface area contributed by atoms with Gasteiger partial charge >= 0.3 is 0 Å². The number of hydrogen-bond donors (Lipinski definition) is 0. The molecular formula is C12H13NO2. The standard InChI is InChI=1S/C12H13NO2/c1-12(2,3)11-4-10-9(5-13-11)8(6-14)7-15-10/h4-7H,1-3H3. The Bertz CT molecular complexity index is 506. The third-order valence-electron chi connectivity index (χ3n) is 2.39. The average Bonchev–Trinajstić information content (AvgIpc) is 2.58. The summed E-state index contributed by atoms with van der Waals surface area (Å²) in [5.74, 6) is 0. The zero-order valence-corrected chi connectivity index (χ0v) is 9.07. The summed E-state index contributed by atoms with van der Waals surface area (Å²) < 4.78 is 5.30. The maximum atomic E-state index is 10.7. The summed E-state index contributed by atoms with van der Waals surface area (Å²) in [5, 5.41) is 0.776. The van der Waals surface area contributed by atoms with Gasteiger partial charge in [-0.25, -0.2) is 0 Å². The number of aldehydes is 1. The first kappa shape index (κ1) is 9.90. The topological polar surface area (TPSA) is 43.1 Å². The number of rotatable bonds is 1. The van der Waals surface area contributed by atoms with Crippen LogP contribution in [0.1, 0.15) is 36.8 Å². The van der Waals surface area contributed by atoms with E-state index in [0.29, 0.717) is 5.56 Å². The predicted octanol–water partition coefficient (Wildman–Crippen LogP) is 2.94. The van der Waals surface area contributed by atoms with E-state index in [4.69, 9.17) is 4.42 Å². The van der Waals surface area contributed by atoms with Crippen LogP contribution in [0, 0.1) is 0 Å². The molecule has 15 heavy (non-hydrogen) atoms. The van der Waals surface area contributed by atoms with E-state index in [-0.39, 0.29) is 5.41 Å². The number of hydrogen-bond acceptors (Lipinski definition) is 3. The average molecular weight is 203 g/mol. The van der Waals surface area contributed by atoms with Crippen molar-refractivity contribution in [3.05, 3.63) is 29.8 Å². The molecule has 0 aromatic carbocycles. The Balaban J connectivity index is 2.63. The number of carbonyl (C=O) groups excluding carboxylic acids is 1. The smallest absolute Gasteiger partial charge is 0.153 e. The SMILES string of the molecule is CC(C)(C)c1cc2occ(C=O)c2cn1. The van der Waals surface area contributed by atoms with Crippen molar-refractivity contribution < 1.29 is 9.21 Å². The lowest BCUT2D eigenvalue weighted by atomic mass is 9.91. The van der Waals surface area contributed by atoms with Crippen LogP contribution in [0.3, 0.4) is 0 Å². The fourth-order valence-corrected chi connectivity index (χ4v) is 1.44. The molecule has 2 heterocycles. The summed E-state index contributed by atoms with van der Waals surface area (Å²) >= 11 is 0. The zero-order valence-electron chi connectivity index (χ0n) is 9.07. The summed E-state index contributed by atoms with van der Waals surface area (Å²) in [6.45, 7) is 6.26. The summed E-state index contributed by atoms with van der Waals surface area (Å²) in [4.78, 5) is 15.0. The maximum Gasteiger partial charge on any atom is 0.153 e. The van der Waals surface area contributed by atoms with Crippen molar-refractivity contribution in [3.8, 4) is 0 Å². The van der Waals surface area contributed by atoms with E-state index in [0.717, 1.165) is 22.9 Å². The summed E-state index contributed by atoms with van der Waals surface area (Å²) in [5.41, 5.74) is 2.22. The van der Waals surface area contributed by atoms with Crippen molar-refractivity contribution in [1.29, 1.82) is 0 Å². The minimum atomic E-state index is -0.0116. The van der Waals surface area contributed by atoms with Gasteiger partial charge in [-0.15, -0.1) is 0 Å². The second-order valence-corrected chi connectivity index (χ2v) is 4.62. The molecule has 78 valence electrons. The van der Waals surface area contributed by atoms with Crippen LogP contribution in [-0.2, 0) is 5.41 Å². The van der Waals surface area contributed by atoms with Gasteiger partial charge in [0.25, 0.3) is 0 Å². The van der Waals surface area contributed by atoms with Crippen molar-refractivity contribution in [2.24, 2.45) is 0 Å². The molecular weight excluding hydrogens is 190 g/mol. The van der Waals surface area contributed by atoms with Crippen LogP contribution in [0.5, 0.6) is 0 Å². The lowest BCUT2D eigenvalue weighted by molar-refractivity contribution is 0.112. The monoisotopic (exact) mass is 203 g/mol. The number of furan rings is 1. The first-order valence-corrected chi connectivity index (χ1v) is 4.85. The molecule has 2 rings (SSSR count). The van der Waals surface area contributed by atoms with Gasteiger partial charge in [0.1, 0.15) is 11.8 Å². The fourth-order valence-electron chi connectivity index (χ4n) is 1.44. The van der Waals surface area contributed by atoms with Crippen molar-refractivity contribution >= 4 is 17.3 Å². The largest absolute Gasteiger partial charge is 0.463 e. The molecule has 3 heteroatoms. The molecule has 0 aliphatic carbocycles. The quantitative estimate of drug-likeness (QED) is 0.669. The van der Waals surface area contributed by atoms with Crippen LogP contribution < -0.4 is 0 Å². The minimum Gasteiger partial charge on any atom is -0.463 e. The van der Waals surface area contributed by atoms with Gasteiger partial charge in [0.15, 0.2) is 6.29 Å². The Hall–Kier alpha value is -1.64. The molecule has 2 aromatic heterocycles. The normalized spacial score (nSPS) is 11.9. The number of carbonyl (C=O) groups is 1. The van der Waals surface area contributed by atoms with Crippen molar-refractivity contribution in [2.45, 2.75) is 26.2 Å². The van der Waals surface area contributed by atoms with Crippen molar-refractivity contribution in [2.75, 3.05) is 0 Å². The first-order chi connectivity index (χ1) is 7.02. The molecule has 0 bridgehead atoms. The molecule has 0 atom stereocenters. The molecule has 0 spiro atoms. The number of pyridine rings is 1. The van der Waals surface area contributed by atoms with Gasteiger partial charge in [-0.05, 0) is 0 Å². The molecule has 0 amide bonds. The van der Waals surface area contributed by atoms with Gasteiger partial charge in [0.2, 0.25) is 0 Å². The zero-order chi connectivity index (χ0) is 11.1. The van der Waals surface area contributed by atoms with E-state index in [1.807, 2.05) is 6.07 Å². The molecule has 0 aliphatic rings. The summed E-state index contributed by atoms with van der Waals surface area (Å²) in [6, 6.07) is 1.89. The third kappa shape index (κ3) is 1.65. The second kappa shape index (κ2) is 3.19. The maximum absolute atomic E-state index is 10.7. The number of aromatic nitrogens is 1. The lowest BCUT2D eigenvalue weighted by Crippen LogP contribution is -2.12. The van der Waals surface area contributed by atoms with Gasteiger partial charge in [0.05, 0.1) is 5.56 Å². The number of nitrogens with zero attached hydrogens (tertiary/aromatic N) is 1. The molecule has 0 aliphatic heterocycles. The fraction of sp³-hybridized carbons (Fsp3) is 0.333. The summed E-state index contributed by atoms with van der Waals surface area (Å²) in [7, 11) is 0. The van der Waals surface area contributed by atoms with E-state index >= 15 is 0 Å². The van der Waals surface area contributed by atoms with Crippen molar-refractivity contribution in [1.82, 2.24) is 4.98 Å². The lowest BCUT2D eigenvalue weighted by Gasteiger charge is -2.16. The third-order valence-corrected chi connectivity index (χ3v) is 2.39. The van der Waals surface area contributed by atoms with Gasteiger partial charge in [-0.2, -0.15) is 0 Å². The molecule has 0 N–H and O–H groups in total. The Labute approximate surface area is 88.1 Å². The highest BCUT2D eigenvalue weighted by molar-refractivity contribution is 5.95. The van der Waals surface area contributed by atoms with Crippen LogP contribution in [0.15, 0.2) is 22.9 Å². The van der Waals surface area contributed by atoms with E-state index in [2.05, 4.69) is 25.8 Å². The molecule has 0 saturated carbocycles. The number of fused-ring (bicyclic) bond motifs is 1. The predicted molar refractivity (Wildman–Crippen MR) is 58.1 cm³/mol. The Kier molecular flexibility index (Phi) is 2.11. The van der Waals surface area contributed by atoms with E-state index in [1.165, 1.54) is 6.26 Å². The Morgan fingerprint density at radius 2 is 2.13 bits per heavy atom. The molecule has 0 unspecified atom stereocenters. The minimum absolute atomic E-state index is 0.0116. The van der Waals surface area contributed by atoms with Gasteiger partial charge in [0, 0.05) is 28.8 Å². The summed E-state index contributed by atoms with van der Waals surface area (Å²) in [6.07, 6.45) is 3.94. The molecule has 2 aromatic rings. The highest BCUT2D eigenvalue weighted by Gasteiger charge is 2.17. The second-order valence-electron chi connectivity index (χ2n) is 4.62. The van der Waals surface area contributed by atoms with Crippen LogP contribution in [0.25, 0.3) is 11.0 Å². The van der Waals surface area contributed by atoms with E-state index in [9.17, 15) is 4.79 Å². The molecule has 0 fully saturated rings. The van der Waals surface area contributed by atoms with Crippen LogP contribution in [0.2, 0.25) is 0 Å². The Morgan fingerprint density at radius 3 is 2.73 bits per heavy atom. The molecule has 3 nitrogen and oxygen atoms in total. The van der Waals surface area contributed by atoms with E-state index in [1.54, 1.807) is 6.20 Å². The van der Waals surface area contributed by atoms with Crippen LogP contribution >= 0.6 is 0 Å². The van der Waals surface area contributed by atoms with Crippen molar-refractivity contribution in [3.63, 3.8) is 0 Å². The highest BCUT2D eigenvalue weighted by Crippen LogP contribution is 2.25. The first-order valence-electron chi connectivity index (χ1n) is 4.85. The van der Waals surface area contributed by atoms with Gasteiger partial charge in [-0.3, -0.25) is 9.78 Å².